The third-order valence-corrected chi connectivity index (χ3v) is 5.67. The monoisotopic (exact) mass is 574 g/mol. The Morgan fingerprint density at radius 2 is 1.88 bits per heavy atom. The number of halogens is 6. The van der Waals surface area contributed by atoms with Crippen molar-refractivity contribution in [3.63, 3.8) is 0 Å². The predicted molar refractivity (Wildman–Crippen MR) is 128 cm³/mol. The van der Waals surface area contributed by atoms with Crippen LogP contribution in [0.2, 0.25) is 10.0 Å². The molecule has 11 heteroatoms. The SMILES string of the molecule is COc1cc(/C=N/NC(=O)c2ccccc2C(F)(F)F)cc(Br)c1OCc1ccc(Cl)cc1Cl. The van der Waals surface area contributed by atoms with E-state index in [1.165, 1.54) is 25.5 Å². The number of hydrogen-bond acceptors (Lipinski definition) is 4. The summed E-state index contributed by atoms with van der Waals surface area (Å²) >= 11 is 15.5. The molecule has 3 rings (SSSR count). The highest BCUT2D eigenvalue weighted by Crippen LogP contribution is 2.37. The van der Waals surface area contributed by atoms with Gasteiger partial charge in [-0.2, -0.15) is 18.3 Å². The summed E-state index contributed by atoms with van der Waals surface area (Å²) in [5.74, 6) is -0.238. The number of methoxy groups -OCH3 is 1. The number of hydrazone groups is 1. The van der Waals surface area contributed by atoms with E-state index in [1.807, 2.05) is 0 Å². The molecule has 0 saturated heterocycles. The maximum absolute atomic E-state index is 13.1. The van der Waals surface area contributed by atoms with Gasteiger partial charge in [-0.25, -0.2) is 5.43 Å². The second-order valence-corrected chi connectivity index (χ2v) is 8.50. The molecule has 178 valence electrons. The van der Waals surface area contributed by atoms with Gasteiger partial charge in [0.25, 0.3) is 5.91 Å². The Balaban J connectivity index is 1.74. The highest BCUT2D eigenvalue weighted by atomic mass is 79.9. The summed E-state index contributed by atoms with van der Waals surface area (Å²) in [5.41, 5.74) is 1.73. The van der Waals surface area contributed by atoms with Gasteiger partial charge >= 0.3 is 6.18 Å². The summed E-state index contributed by atoms with van der Waals surface area (Å²) in [4.78, 5) is 12.2. The number of alkyl halides is 3. The molecule has 1 N–H and O–H groups in total. The van der Waals surface area contributed by atoms with Gasteiger partial charge in [0.1, 0.15) is 6.61 Å². The van der Waals surface area contributed by atoms with Crippen molar-refractivity contribution in [2.24, 2.45) is 5.10 Å². The fourth-order valence-electron chi connectivity index (χ4n) is 2.90. The molecular weight excluding hydrogens is 560 g/mol. The number of benzene rings is 3. The average molecular weight is 576 g/mol. The van der Waals surface area contributed by atoms with Crippen LogP contribution in [0.1, 0.15) is 27.0 Å². The maximum atomic E-state index is 13.1. The molecule has 0 atom stereocenters. The van der Waals surface area contributed by atoms with E-state index in [9.17, 15) is 18.0 Å². The quantitative estimate of drug-likeness (QED) is 0.241. The number of amides is 1. The van der Waals surface area contributed by atoms with E-state index in [0.29, 0.717) is 37.1 Å². The second-order valence-electron chi connectivity index (χ2n) is 6.80. The lowest BCUT2D eigenvalue weighted by atomic mass is 10.1. The fraction of sp³-hybridized carbons (Fsp3) is 0.130. The Morgan fingerprint density at radius 1 is 1.15 bits per heavy atom. The van der Waals surface area contributed by atoms with Gasteiger partial charge in [-0.1, -0.05) is 41.4 Å². The van der Waals surface area contributed by atoms with Crippen LogP contribution in [-0.2, 0) is 12.8 Å². The molecule has 0 heterocycles. The van der Waals surface area contributed by atoms with Crippen LogP contribution in [0, 0.1) is 0 Å². The van der Waals surface area contributed by atoms with Gasteiger partial charge in [0, 0.05) is 15.6 Å². The van der Waals surface area contributed by atoms with Crippen molar-refractivity contribution in [2.75, 3.05) is 7.11 Å². The normalized spacial score (nSPS) is 11.5. The molecular formula is C23H16BrCl2F3N2O3. The number of hydrogen-bond donors (Lipinski definition) is 1. The van der Waals surface area contributed by atoms with Gasteiger partial charge < -0.3 is 9.47 Å². The minimum Gasteiger partial charge on any atom is -0.493 e. The Kier molecular flexibility index (Phi) is 8.46. The minimum atomic E-state index is -4.66. The van der Waals surface area contributed by atoms with E-state index >= 15 is 0 Å². The zero-order chi connectivity index (χ0) is 24.9. The number of ether oxygens (including phenoxy) is 2. The van der Waals surface area contributed by atoms with Crippen LogP contribution < -0.4 is 14.9 Å². The molecule has 0 unspecified atom stereocenters. The van der Waals surface area contributed by atoms with Gasteiger partial charge in [0.2, 0.25) is 0 Å². The highest BCUT2D eigenvalue weighted by molar-refractivity contribution is 9.10. The molecule has 0 bridgehead atoms. The second kappa shape index (κ2) is 11.1. The average Bonchev–Trinajstić information content (AvgIpc) is 2.78. The Labute approximate surface area is 211 Å². The van der Waals surface area contributed by atoms with E-state index in [2.05, 4.69) is 26.5 Å². The molecule has 5 nitrogen and oxygen atoms in total. The molecule has 0 aliphatic heterocycles. The van der Waals surface area contributed by atoms with Crippen LogP contribution in [0.4, 0.5) is 13.2 Å². The molecule has 0 aromatic heterocycles. The summed E-state index contributed by atoms with van der Waals surface area (Å²) in [5, 5.41) is 4.72. The summed E-state index contributed by atoms with van der Waals surface area (Å²) < 4.78 is 51.1. The van der Waals surface area contributed by atoms with Crippen LogP contribution in [0.15, 0.2) is 64.2 Å². The van der Waals surface area contributed by atoms with E-state index < -0.39 is 23.2 Å². The third-order valence-electron chi connectivity index (χ3n) is 4.50. The van der Waals surface area contributed by atoms with Crippen LogP contribution in [0.3, 0.4) is 0 Å². The van der Waals surface area contributed by atoms with Crippen LogP contribution in [-0.4, -0.2) is 19.2 Å². The molecule has 0 fully saturated rings. The molecule has 34 heavy (non-hydrogen) atoms. The topological polar surface area (TPSA) is 59.9 Å². The molecule has 0 aliphatic rings. The van der Waals surface area contributed by atoms with Crippen molar-refractivity contribution < 1.29 is 27.4 Å². The van der Waals surface area contributed by atoms with Gasteiger partial charge in [0.15, 0.2) is 11.5 Å². The van der Waals surface area contributed by atoms with E-state index in [1.54, 1.807) is 30.3 Å². The van der Waals surface area contributed by atoms with Gasteiger partial charge in [-0.15, -0.1) is 0 Å². The minimum absolute atomic E-state index is 0.146. The lowest BCUT2D eigenvalue weighted by molar-refractivity contribution is -0.137. The first-order valence-corrected chi connectivity index (χ1v) is 11.1. The maximum Gasteiger partial charge on any atom is 0.417 e. The largest absolute Gasteiger partial charge is 0.493 e. The van der Waals surface area contributed by atoms with Crippen molar-refractivity contribution in [1.82, 2.24) is 5.43 Å². The predicted octanol–water partition coefficient (Wildman–Crippen LogP) is 7.13. The molecule has 3 aromatic carbocycles. The van der Waals surface area contributed by atoms with Gasteiger partial charge in [0.05, 0.1) is 28.9 Å². The first-order valence-electron chi connectivity index (χ1n) is 9.54. The van der Waals surface area contributed by atoms with Crippen molar-refractivity contribution in [1.29, 1.82) is 0 Å². The summed E-state index contributed by atoms with van der Waals surface area (Å²) in [6, 6.07) is 12.7. The van der Waals surface area contributed by atoms with Crippen LogP contribution >= 0.6 is 39.1 Å². The van der Waals surface area contributed by atoms with Crippen molar-refractivity contribution >= 4 is 51.3 Å². The van der Waals surface area contributed by atoms with E-state index in [4.69, 9.17) is 32.7 Å². The molecule has 0 aliphatic carbocycles. The van der Waals surface area contributed by atoms with Gasteiger partial charge in [-0.05, 0) is 57.9 Å². The number of nitrogens with zero attached hydrogens (tertiary/aromatic N) is 1. The highest BCUT2D eigenvalue weighted by Gasteiger charge is 2.34. The van der Waals surface area contributed by atoms with Crippen molar-refractivity contribution in [3.8, 4) is 11.5 Å². The zero-order valence-corrected chi connectivity index (χ0v) is 20.5. The zero-order valence-electron chi connectivity index (χ0n) is 17.4. The first kappa shape index (κ1) is 25.9. The molecule has 0 radical (unpaired) electrons. The van der Waals surface area contributed by atoms with E-state index in [-0.39, 0.29) is 6.61 Å². The standard InChI is InChI=1S/C23H16BrCl2F3N2O3/c1-33-20-9-13(8-18(24)21(20)34-12-14-6-7-15(25)10-19(14)26)11-30-31-22(32)16-4-2-3-5-17(16)23(27,28)29/h2-11H,12H2,1H3,(H,31,32)/b30-11+. The number of nitrogens with one attached hydrogen (secondary N) is 1. The Bertz CT molecular complexity index is 1240. The molecule has 0 spiro atoms. The van der Waals surface area contributed by atoms with Crippen LogP contribution in [0.5, 0.6) is 11.5 Å². The van der Waals surface area contributed by atoms with E-state index in [0.717, 1.165) is 12.1 Å². The summed E-state index contributed by atoms with van der Waals surface area (Å²) in [6.45, 7) is 0.146. The van der Waals surface area contributed by atoms with Crippen molar-refractivity contribution in [3.05, 3.63) is 91.4 Å². The summed E-state index contributed by atoms with van der Waals surface area (Å²) in [7, 11) is 1.45. The summed E-state index contributed by atoms with van der Waals surface area (Å²) in [6.07, 6.45) is -3.40. The Morgan fingerprint density at radius 3 is 2.56 bits per heavy atom. The molecule has 1 amide bonds. The smallest absolute Gasteiger partial charge is 0.417 e. The number of rotatable bonds is 7. The Hall–Kier alpha value is -2.75. The van der Waals surface area contributed by atoms with Crippen LogP contribution in [0.25, 0.3) is 0 Å². The number of carbonyl (C=O) groups excluding carboxylic acids is 1. The lowest BCUT2D eigenvalue weighted by Gasteiger charge is -2.14. The lowest BCUT2D eigenvalue weighted by Crippen LogP contribution is -2.22. The first-order chi connectivity index (χ1) is 16.1. The van der Waals surface area contributed by atoms with Gasteiger partial charge in [-0.3, -0.25) is 4.79 Å². The molecule has 3 aromatic rings. The fourth-order valence-corrected chi connectivity index (χ4v) is 3.93. The third kappa shape index (κ3) is 6.43. The van der Waals surface area contributed by atoms with Crippen molar-refractivity contribution in [2.45, 2.75) is 12.8 Å². The number of carbonyl (C=O) groups is 1. The molecule has 0 saturated carbocycles.